The molecule has 0 aliphatic carbocycles. The van der Waals surface area contributed by atoms with Crippen molar-refractivity contribution >= 4 is 5.91 Å². The van der Waals surface area contributed by atoms with Crippen molar-refractivity contribution in [1.29, 1.82) is 0 Å². The maximum Gasteiger partial charge on any atom is 0.277 e. The Morgan fingerprint density at radius 1 is 0.969 bits per heavy atom. The van der Waals surface area contributed by atoms with Gasteiger partial charge in [0.1, 0.15) is 13.3 Å². The second-order valence-electron chi connectivity index (χ2n) is 8.23. The molecule has 3 heterocycles. The standard InChI is InChI=1S/C25H25N3O4/c29-20-11-13-26-17-28(21(15-20)19-9-5-2-6-10-19)27-14-12-22(30)24(23(27)25(26)31)32-16-18-7-3-1-4-8-18/h1-10,12,14,20-21,29H,11,13,15-17H2. The highest BCUT2D eigenvalue weighted by Gasteiger charge is 2.38. The molecule has 1 N–H and O–H groups in total. The van der Waals surface area contributed by atoms with Gasteiger partial charge in [0.15, 0.2) is 11.4 Å². The third kappa shape index (κ3) is 3.76. The van der Waals surface area contributed by atoms with Crippen molar-refractivity contribution in [2.45, 2.75) is 31.6 Å². The average molecular weight is 431 g/mol. The van der Waals surface area contributed by atoms with Crippen LogP contribution in [0.2, 0.25) is 0 Å². The van der Waals surface area contributed by atoms with Gasteiger partial charge < -0.3 is 14.7 Å². The molecule has 164 valence electrons. The highest BCUT2D eigenvalue weighted by molar-refractivity contribution is 5.96. The van der Waals surface area contributed by atoms with Gasteiger partial charge in [0.05, 0.1) is 12.1 Å². The Morgan fingerprint density at radius 2 is 1.69 bits per heavy atom. The monoisotopic (exact) mass is 431 g/mol. The third-order valence-corrected chi connectivity index (χ3v) is 6.11. The Bertz CT molecular complexity index is 1160. The number of aliphatic hydroxyl groups excluding tert-OH is 1. The fraction of sp³-hybridized carbons (Fsp3) is 0.280. The number of hydrogen-bond acceptors (Lipinski definition) is 5. The fourth-order valence-electron chi connectivity index (χ4n) is 4.45. The molecule has 1 amide bonds. The van der Waals surface area contributed by atoms with E-state index < -0.39 is 6.10 Å². The lowest BCUT2D eigenvalue weighted by Crippen LogP contribution is -2.57. The Kier molecular flexibility index (Phi) is 5.41. The van der Waals surface area contributed by atoms with Crippen LogP contribution in [0.25, 0.3) is 0 Å². The molecule has 2 bridgehead atoms. The van der Waals surface area contributed by atoms with E-state index >= 15 is 0 Å². The van der Waals surface area contributed by atoms with E-state index in [4.69, 9.17) is 4.74 Å². The van der Waals surface area contributed by atoms with E-state index in [1.54, 1.807) is 15.8 Å². The SMILES string of the molecule is O=C1c2c(OCc3ccccc3)c(=O)ccn2N2CN1CCC(O)CC2c1ccccc1. The van der Waals surface area contributed by atoms with Gasteiger partial charge in [0.2, 0.25) is 5.43 Å². The Morgan fingerprint density at radius 3 is 2.44 bits per heavy atom. The number of fused-ring (bicyclic) bond motifs is 4. The van der Waals surface area contributed by atoms with Crippen molar-refractivity contribution in [1.82, 2.24) is 9.58 Å². The summed E-state index contributed by atoms with van der Waals surface area (Å²) in [6, 6.07) is 20.8. The first kappa shape index (κ1) is 20.3. The van der Waals surface area contributed by atoms with Crippen LogP contribution in [0.4, 0.5) is 0 Å². The molecule has 2 aliphatic heterocycles. The zero-order chi connectivity index (χ0) is 22.1. The van der Waals surface area contributed by atoms with Crippen LogP contribution in [0.15, 0.2) is 77.7 Å². The largest absolute Gasteiger partial charge is 0.482 e. The van der Waals surface area contributed by atoms with Crippen LogP contribution in [-0.2, 0) is 6.61 Å². The van der Waals surface area contributed by atoms with Crippen molar-refractivity contribution in [2.75, 3.05) is 18.2 Å². The first-order valence-electron chi connectivity index (χ1n) is 10.8. The molecule has 0 radical (unpaired) electrons. The molecule has 0 spiro atoms. The summed E-state index contributed by atoms with van der Waals surface area (Å²) in [5, 5.41) is 12.6. The number of aromatic nitrogens is 1. The lowest BCUT2D eigenvalue weighted by molar-refractivity contribution is 0.0536. The van der Waals surface area contributed by atoms with Crippen LogP contribution < -0.4 is 15.2 Å². The van der Waals surface area contributed by atoms with Crippen LogP contribution >= 0.6 is 0 Å². The zero-order valence-electron chi connectivity index (χ0n) is 17.6. The lowest BCUT2D eigenvalue weighted by atomic mass is 9.97. The topological polar surface area (TPSA) is 75.0 Å². The highest BCUT2D eigenvalue weighted by Crippen LogP contribution is 2.33. The first-order chi connectivity index (χ1) is 15.6. The van der Waals surface area contributed by atoms with Gasteiger partial charge in [-0.25, -0.2) is 0 Å². The number of amides is 1. The number of carbonyl (C=O) groups is 1. The molecule has 1 saturated heterocycles. The van der Waals surface area contributed by atoms with E-state index in [9.17, 15) is 14.7 Å². The van der Waals surface area contributed by atoms with Gasteiger partial charge in [-0.2, -0.15) is 0 Å². The van der Waals surface area contributed by atoms with E-state index in [1.165, 1.54) is 6.07 Å². The van der Waals surface area contributed by atoms with Crippen molar-refractivity contribution < 1.29 is 14.6 Å². The maximum atomic E-state index is 13.4. The van der Waals surface area contributed by atoms with E-state index in [0.29, 0.717) is 26.1 Å². The second kappa shape index (κ2) is 8.51. The van der Waals surface area contributed by atoms with Crippen LogP contribution in [0.3, 0.4) is 0 Å². The molecule has 3 aromatic rings. The normalized spacial score (nSPS) is 20.3. The van der Waals surface area contributed by atoms with Gasteiger partial charge in [-0.15, -0.1) is 0 Å². The number of carbonyl (C=O) groups excluding carboxylic acids is 1. The van der Waals surface area contributed by atoms with Crippen LogP contribution in [-0.4, -0.2) is 39.9 Å². The van der Waals surface area contributed by atoms with Crippen LogP contribution in [0, 0.1) is 0 Å². The predicted octanol–water partition coefficient (Wildman–Crippen LogP) is 2.67. The fourth-order valence-corrected chi connectivity index (χ4v) is 4.45. The Hall–Kier alpha value is -3.58. The molecule has 2 aromatic carbocycles. The van der Waals surface area contributed by atoms with Crippen molar-refractivity contribution in [3.8, 4) is 5.75 Å². The second-order valence-corrected chi connectivity index (χ2v) is 8.23. The van der Waals surface area contributed by atoms with E-state index in [2.05, 4.69) is 0 Å². The summed E-state index contributed by atoms with van der Waals surface area (Å²) in [6.45, 7) is 0.986. The minimum atomic E-state index is -0.534. The molecule has 2 aliphatic rings. The predicted molar refractivity (Wildman–Crippen MR) is 120 cm³/mol. The average Bonchev–Trinajstić information content (AvgIpc) is 2.82. The quantitative estimate of drug-likeness (QED) is 0.688. The third-order valence-electron chi connectivity index (χ3n) is 6.11. The lowest BCUT2D eigenvalue weighted by Gasteiger charge is -2.46. The summed E-state index contributed by atoms with van der Waals surface area (Å²) in [6.07, 6.45) is 2.11. The van der Waals surface area contributed by atoms with Crippen molar-refractivity contribution in [3.63, 3.8) is 0 Å². The van der Waals surface area contributed by atoms with E-state index in [1.807, 2.05) is 65.7 Å². The number of nitrogens with zero attached hydrogens (tertiary/aromatic N) is 3. The molecule has 7 heteroatoms. The van der Waals surface area contributed by atoms with Gasteiger partial charge in [0.25, 0.3) is 5.91 Å². The summed E-state index contributed by atoms with van der Waals surface area (Å²) >= 11 is 0. The number of rotatable bonds is 4. The van der Waals surface area contributed by atoms with Crippen molar-refractivity contribution in [3.05, 3.63) is 100.0 Å². The molecule has 1 aromatic heterocycles. The molecule has 7 nitrogen and oxygen atoms in total. The molecule has 2 atom stereocenters. The number of ether oxygens (including phenoxy) is 1. The van der Waals surface area contributed by atoms with Gasteiger partial charge >= 0.3 is 0 Å². The molecule has 32 heavy (non-hydrogen) atoms. The van der Waals surface area contributed by atoms with Crippen molar-refractivity contribution in [2.24, 2.45) is 0 Å². The van der Waals surface area contributed by atoms with Crippen LogP contribution in [0.5, 0.6) is 5.75 Å². The minimum absolute atomic E-state index is 0.0592. The first-order valence-corrected chi connectivity index (χ1v) is 10.8. The Balaban J connectivity index is 1.59. The number of pyridine rings is 1. The molecular weight excluding hydrogens is 406 g/mol. The highest BCUT2D eigenvalue weighted by atomic mass is 16.5. The van der Waals surface area contributed by atoms with Crippen LogP contribution in [0.1, 0.15) is 40.5 Å². The zero-order valence-corrected chi connectivity index (χ0v) is 17.6. The van der Waals surface area contributed by atoms with Gasteiger partial charge in [-0.05, 0) is 24.0 Å². The summed E-state index contributed by atoms with van der Waals surface area (Å²) in [4.78, 5) is 27.9. The summed E-state index contributed by atoms with van der Waals surface area (Å²) in [7, 11) is 0. The Labute approximate surface area is 186 Å². The summed E-state index contributed by atoms with van der Waals surface area (Å²) < 4.78 is 7.67. The van der Waals surface area contributed by atoms with Gasteiger partial charge in [0, 0.05) is 18.8 Å². The van der Waals surface area contributed by atoms with E-state index in [0.717, 1.165) is 11.1 Å². The number of benzene rings is 2. The molecule has 5 rings (SSSR count). The molecule has 2 unspecified atom stereocenters. The molecular formula is C25H25N3O4. The smallest absolute Gasteiger partial charge is 0.277 e. The molecule has 1 fully saturated rings. The van der Waals surface area contributed by atoms with Gasteiger partial charge in [-0.1, -0.05) is 60.7 Å². The number of aliphatic hydroxyl groups is 1. The minimum Gasteiger partial charge on any atom is -0.482 e. The summed E-state index contributed by atoms with van der Waals surface area (Å²) in [5.74, 6) is -0.202. The maximum absolute atomic E-state index is 13.4. The van der Waals surface area contributed by atoms with Gasteiger partial charge in [-0.3, -0.25) is 19.3 Å². The number of hydrogen-bond donors (Lipinski definition) is 1. The summed E-state index contributed by atoms with van der Waals surface area (Å²) in [5.41, 5.74) is 1.87. The molecule has 0 saturated carbocycles. The van der Waals surface area contributed by atoms with E-state index in [-0.39, 0.29) is 35.4 Å².